The van der Waals surface area contributed by atoms with Gasteiger partial charge in [-0.25, -0.2) is 4.39 Å². The van der Waals surface area contributed by atoms with Crippen molar-refractivity contribution >= 4 is 21.9 Å². The van der Waals surface area contributed by atoms with Crippen molar-refractivity contribution in [3.63, 3.8) is 0 Å². The van der Waals surface area contributed by atoms with Gasteiger partial charge in [0.2, 0.25) is 0 Å². The molecule has 0 bridgehead atoms. The minimum absolute atomic E-state index is 0.226. The zero-order valence-corrected chi connectivity index (χ0v) is 17.9. The number of pyridine rings is 1. The minimum Gasteiger partial charge on any atom is -0.455 e. The molecular weight excluding hydrogens is 397 g/mol. The van der Waals surface area contributed by atoms with Gasteiger partial charge in [0.1, 0.15) is 17.0 Å². The molecule has 6 rings (SSSR count). The highest BCUT2D eigenvalue weighted by Gasteiger charge is 2.17. The fraction of sp³-hybridized carbons (Fsp3) is 0.207. The second kappa shape index (κ2) is 7.90. The lowest BCUT2D eigenvalue weighted by molar-refractivity contribution is 0.546. The van der Waals surface area contributed by atoms with E-state index in [1.165, 1.54) is 43.4 Å². The number of para-hydroxylation sites is 1. The fourth-order valence-corrected chi connectivity index (χ4v) is 5.12. The molecule has 1 saturated carbocycles. The molecule has 0 saturated heterocycles. The Balaban J connectivity index is 1.43. The van der Waals surface area contributed by atoms with Gasteiger partial charge in [0.25, 0.3) is 0 Å². The van der Waals surface area contributed by atoms with E-state index in [2.05, 4.69) is 41.4 Å². The maximum Gasteiger partial charge on any atom is 0.144 e. The fourth-order valence-electron chi connectivity index (χ4n) is 5.12. The molecule has 0 amide bonds. The number of hydrogen-bond donors (Lipinski definition) is 0. The van der Waals surface area contributed by atoms with E-state index < -0.39 is 0 Å². The Hall–Kier alpha value is -3.46. The molecule has 0 atom stereocenters. The van der Waals surface area contributed by atoms with Gasteiger partial charge in [-0.15, -0.1) is 0 Å². The molecule has 0 aliphatic heterocycles. The number of nitrogens with zero attached hydrogens (tertiary/aromatic N) is 1. The first-order valence-corrected chi connectivity index (χ1v) is 11.4. The second-order valence-corrected chi connectivity index (χ2v) is 8.91. The average molecular weight is 422 g/mol. The molecule has 2 nitrogen and oxygen atoms in total. The monoisotopic (exact) mass is 421 g/mol. The van der Waals surface area contributed by atoms with Crippen molar-refractivity contribution in [2.75, 3.05) is 0 Å². The summed E-state index contributed by atoms with van der Waals surface area (Å²) in [6.45, 7) is 0. The normalized spacial score (nSPS) is 14.5. The predicted molar refractivity (Wildman–Crippen MR) is 128 cm³/mol. The van der Waals surface area contributed by atoms with Crippen LogP contribution in [0.5, 0.6) is 0 Å². The van der Waals surface area contributed by atoms with Crippen molar-refractivity contribution in [3.05, 3.63) is 90.4 Å². The lowest BCUT2D eigenvalue weighted by atomic mass is 9.97. The van der Waals surface area contributed by atoms with Gasteiger partial charge < -0.3 is 4.42 Å². The van der Waals surface area contributed by atoms with Gasteiger partial charge in [0, 0.05) is 22.5 Å². The lowest BCUT2D eigenvalue weighted by Gasteiger charge is -2.10. The number of halogens is 1. The van der Waals surface area contributed by atoms with Crippen LogP contribution in [0.2, 0.25) is 0 Å². The molecule has 0 unspecified atom stereocenters. The van der Waals surface area contributed by atoms with Crippen LogP contribution >= 0.6 is 0 Å². The van der Waals surface area contributed by atoms with E-state index in [0.29, 0.717) is 0 Å². The average Bonchev–Trinajstić information content (AvgIpc) is 3.47. The first-order valence-electron chi connectivity index (χ1n) is 11.4. The Morgan fingerprint density at radius 1 is 0.844 bits per heavy atom. The summed E-state index contributed by atoms with van der Waals surface area (Å²) >= 11 is 0. The molecule has 1 aliphatic rings. The van der Waals surface area contributed by atoms with Crippen LogP contribution in [0.15, 0.2) is 83.4 Å². The van der Waals surface area contributed by atoms with E-state index >= 15 is 0 Å². The third-order valence-corrected chi connectivity index (χ3v) is 6.77. The highest BCUT2D eigenvalue weighted by molar-refractivity contribution is 6.10. The van der Waals surface area contributed by atoms with Crippen molar-refractivity contribution < 1.29 is 8.81 Å². The molecule has 32 heavy (non-hydrogen) atoms. The van der Waals surface area contributed by atoms with Gasteiger partial charge in [-0.2, -0.15) is 0 Å². The number of fused-ring (bicyclic) bond motifs is 3. The van der Waals surface area contributed by atoms with Crippen LogP contribution in [-0.4, -0.2) is 4.98 Å². The predicted octanol–water partition coefficient (Wildman–Crippen LogP) is 8.19. The molecule has 1 fully saturated rings. The lowest BCUT2D eigenvalue weighted by Crippen LogP contribution is -1.99. The Kier molecular flexibility index (Phi) is 4.75. The van der Waals surface area contributed by atoms with Crippen molar-refractivity contribution in [2.24, 2.45) is 5.92 Å². The van der Waals surface area contributed by atoms with E-state index in [0.717, 1.165) is 56.7 Å². The molecule has 158 valence electrons. The maximum absolute atomic E-state index is 13.3. The summed E-state index contributed by atoms with van der Waals surface area (Å²) in [7, 11) is 0. The van der Waals surface area contributed by atoms with E-state index in [1.54, 1.807) is 0 Å². The van der Waals surface area contributed by atoms with Crippen molar-refractivity contribution in [3.8, 4) is 22.4 Å². The molecular formula is C29H24FNO. The number of benzene rings is 3. The van der Waals surface area contributed by atoms with Crippen LogP contribution in [0, 0.1) is 11.7 Å². The summed E-state index contributed by atoms with van der Waals surface area (Å²) in [6.07, 6.45) is 8.46. The van der Waals surface area contributed by atoms with Crippen LogP contribution in [0.4, 0.5) is 4.39 Å². The zero-order valence-electron chi connectivity index (χ0n) is 17.9. The van der Waals surface area contributed by atoms with Crippen LogP contribution < -0.4 is 0 Å². The Bertz CT molecular complexity index is 1410. The van der Waals surface area contributed by atoms with E-state index in [4.69, 9.17) is 4.42 Å². The largest absolute Gasteiger partial charge is 0.455 e. The number of aromatic nitrogens is 1. The third kappa shape index (κ3) is 3.48. The van der Waals surface area contributed by atoms with E-state index in [9.17, 15) is 4.39 Å². The first kappa shape index (κ1) is 19.2. The first-order chi connectivity index (χ1) is 15.7. The molecule has 3 heteroatoms. The molecule has 0 radical (unpaired) electrons. The van der Waals surface area contributed by atoms with E-state index in [-0.39, 0.29) is 5.82 Å². The van der Waals surface area contributed by atoms with Gasteiger partial charge >= 0.3 is 0 Å². The summed E-state index contributed by atoms with van der Waals surface area (Å²) in [5.41, 5.74) is 7.08. The molecule has 3 aromatic carbocycles. The van der Waals surface area contributed by atoms with Gasteiger partial charge in [0.15, 0.2) is 0 Å². The molecule has 0 spiro atoms. The minimum atomic E-state index is -0.226. The summed E-state index contributed by atoms with van der Waals surface area (Å²) < 4.78 is 19.7. The number of furan rings is 1. The topological polar surface area (TPSA) is 26.0 Å². The summed E-state index contributed by atoms with van der Waals surface area (Å²) in [6, 6.07) is 23.4. The Morgan fingerprint density at radius 2 is 1.66 bits per heavy atom. The van der Waals surface area contributed by atoms with Crippen LogP contribution in [0.3, 0.4) is 0 Å². The Morgan fingerprint density at radius 3 is 2.50 bits per heavy atom. The third-order valence-electron chi connectivity index (χ3n) is 6.77. The molecule has 5 aromatic rings. The van der Waals surface area contributed by atoms with Crippen molar-refractivity contribution in [1.82, 2.24) is 4.98 Å². The Labute approximate surface area is 186 Å². The van der Waals surface area contributed by atoms with Crippen molar-refractivity contribution in [1.29, 1.82) is 0 Å². The van der Waals surface area contributed by atoms with Gasteiger partial charge in [-0.05, 0) is 71.5 Å². The molecule has 1 aliphatic carbocycles. The quantitative estimate of drug-likeness (QED) is 0.292. The number of rotatable bonds is 4. The van der Waals surface area contributed by atoms with Gasteiger partial charge in [0.05, 0.1) is 5.69 Å². The van der Waals surface area contributed by atoms with Crippen molar-refractivity contribution in [2.45, 2.75) is 32.1 Å². The summed E-state index contributed by atoms with van der Waals surface area (Å²) in [5.74, 6) is 0.577. The number of hydrogen-bond acceptors (Lipinski definition) is 2. The smallest absolute Gasteiger partial charge is 0.144 e. The van der Waals surface area contributed by atoms with Crippen LogP contribution in [0.1, 0.15) is 31.2 Å². The SMILES string of the molecule is Fc1ccc(-c2ccc3oc4c(-c5cc(CC6CCCC6)ccn5)cccc4c3c2)cc1. The molecule has 2 heterocycles. The van der Waals surface area contributed by atoms with Gasteiger partial charge in [-0.1, -0.05) is 56.0 Å². The summed E-state index contributed by atoms with van der Waals surface area (Å²) in [5, 5.41) is 2.13. The summed E-state index contributed by atoms with van der Waals surface area (Å²) in [4.78, 5) is 4.68. The van der Waals surface area contributed by atoms with Crippen LogP contribution in [-0.2, 0) is 6.42 Å². The second-order valence-electron chi connectivity index (χ2n) is 8.91. The van der Waals surface area contributed by atoms with Gasteiger partial charge in [-0.3, -0.25) is 4.98 Å². The standard InChI is InChI=1S/C29H24FNO/c30-23-11-8-21(9-12-23)22-10-13-28-26(18-22)24-6-3-7-25(29(24)32-28)27-17-20(14-15-31-27)16-19-4-1-2-5-19/h3,6-15,17-19H,1-2,4-5,16H2. The molecule has 2 aromatic heterocycles. The maximum atomic E-state index is 13.3. The van der Waals surface area contributed by atoms with Crippen LogP contribution in [0.25, 0.3) is 44.3 Å². The van der Waals surface area contributed by atoms with E-state index in [1.807, 2.05) is 30.5 Å². The highest BCUT2D eigenvalue weighted by atomic mass is 19.1. The zero-order chi connectivity index (χ0) is 21.5. The highest BCUT2D eigenvalue weighted by Crippen LogP contribution is 2.37. The molecule has 0 N–H and O–H groups in total.